The molecule has 2 heterocycles. The quantitative estimate of drug-likeness (QED) is 0.0699. The Morgan fingerprint density at radius 1 is 0.912 bits per heavy atom. The fourth-order valence-electron chi connectivity index (χ4n) is 6.49. The zero-order valence-corrected chi connectivity index (χ0v) is 33.0. The van der Waals surface area contributed by atoms with Crippen LogP contribution in [0.25, 0.3) is 11.1 Å². The van der Waals surface area contributed by atoms with Gasteiger partial charge in [0.05, 0.1) is 23.8 Å². The van der Waals surface area contributed by atoms with Crippen molar-refractivity contribution < 1.29 is 49.0 Å². The number of benzene rings is 3. The van der Waals surface area contributed by atoms with Gasteiger partial charge < -0.3 is 45.3 Å². The molecule has 5 rings (SSSR count). The van der Waals surface area contributed by atoms with Crippen molar-refractivity contribution >= 4 is 29.4 Å². The molecule has 0 saturated carbocycles. The van der Waals surface area contributed by atoms with Gasteiger partial charge in [-0.2, -0.15) is 0 Å². The highest BCUT2D eigenvalue weighted by Gasteiger charge is 2.39. The second-order valence-electron chi connectivity index (χ2n) is 14.5. The molecular formula is C42H49ClN4O10. The van der Waals surface area contributed by atoms with Gasteiger partial charge in [0.25, 0.3) is 0 Å². The van der Waals surface area contributed by atoms with Gasteiger partial charge in [-0.15, -0.1) is 0 Å². The molecule has 1 aliphatic heterocycles. The Morgan fingerprint density at radius 2 is 1.60 bits per heavy atom. The number of carbonyl (C=O) groups is 3. The van der Waals surface area contributed by atoms with Crippen LogP contribution in [0.2, 0.25) is 5.02 Å². The van der Waals surface area contributed by atoms with E-state index in [0.717, 1.165) is 46.5 Å². The van der Waals surface area contributed by atoms with Crippen LogP contribution in [0.1, 0.15) is 64.4 Å². The number of pyridine rings is 1. The van der Waals surface area contributed by atoms with Crippen molar-refractivity contribution in [2.75, 3.05) is 32.8 Å². The molecule has 1 atom stereocenters. The summed E-state index contributed by atoms with van der Waals surface area (Å²) in [5.41, 5.74) is 8.35. The number of carbonyl (C=O) groups excluding carboxylic acids is 1. The number of amides is 1. The van der Waals surface area contributed by atoms with Crippen LogP contribution in [0.4, 0.5) is 0 Å². The predicted octanol–water partition coefficient (Wildman–Crippen LogP) is 4.88. The van der Waals surface area contributed by atoms with E-state index in [0.29, 0.717) is 42.3 Å². The summed E-state index contributed by atoms with van der Waals surface area (Å²) in [6, 6.07) is 16.7. The standard InChI is InChI=1S/C42H49ClN4O10/c1-26-29(7-4-8-32(26)33-9-5-10-35(27(33)2)55-16-6-13-47-14-11-42(54,12-15-47)40(52)53)24-57-37-19-36(56-23-28-17-31(38(44)49)21-45-20-28)30(18-34(37)43)22-46-41(3,25-48)39(50)51/h4-5,7-10,17-21,46,48,54H,6,11-16,22-25H2,1-3H3,(H2,44,49)(H,50,51)(H,52,53). The number of rotatable bonds is 19. The first-order valence-corrected chi connectivity index (χ1v) is 18.9. The number of likely N-dealkylation sites (tertiary alicyclic amines) is 1. The first-order chi connectivity index (χ1) is 27.1. The molecule has 0 radical (unpaired) electrons. The van der Waals surface area contributed by atoms with Gasteiger partial charge in [-0.1, -0.05) is 41.9 Å². The molecule has 1 aliphatic rings. The number of nitrogens with two attached hydrogens (primary N) is 1. The predicted molar refractivity (Wildman–Crippen MR) is 213 cm³/mol. The van der Waals surface area contributed by atoms with Crippen LogP contribution in [0, 0.1) is 13.8 Å². The van der Waals surface area contributed by atoms with Gasteiger partial charge in [-0.3, -0.25) is 19.9 Å². The summed E-state index contributed by atoms with van der Waals surface area (Å²) >= 11 is 6.73. The molecule has 0 spiro atoms. The van der Waals surface area contributed by atoms with E-state index in [9.17, 15) is 34.8 Å². The smallest absolute Gasteiger partial charge is 0.335 e. The number of hydrogen-bond acceptors (Lipinski definition) is 11. The van der Waals surface area contributed by atoms with Crippen LogP contribution in [0.5, 0.6) is 17.2 Å². The molecule has 1 fully saturated rings. The number of nitrogens with one attached hydrogen (secondary N) is 1. The van der Waals surface area contributed by atoms with Gasteiger partial charge in [0, 0.05) is 55.8 Å². The number of aliphatic hydroxyl groups is 2. The van der Waals surface area contributed by atoms with E-state index in [2.05, 4.69) is 15.2 Å². The maximum absolute atomic E-state index is 11.8. The van der Waals surface area contributed by atoms with Crippen LogP contribution < -0.4 is 25.3 Å². The SMILES string of the molecule is Cc1c(COc2cc(OCc3cncc(C(N)=O)c3)c(CNC(C)(CO)C(=O)O)cc2Cl)cccc1-c1cccc(OCCCN2CCC(O)(C(=O)O)CC2)c1C. The number of aromatic nitrogens is 1. The van der Waals surface area contributed by atoms with Crippen molar-refractivity contribution in [3.05, 3.63) is 105 Å². The topological polar surface area (TPSA) is 214 Å². The molecule has 1 amide bonds. The third-order valence-electron chi connectivity index (χ3n) is 10.4. The monoisotopic (exact) mass is 804 g/mol. The molecule has 3 aromatic carbocycles. The van der Waals surface area contributed by atoms with Crippen molar-refractivity contribution in [1.29, 1.82) is 0 Å². The largest absolute Gasteiger partial charge is 0.493 e. The second-order valence-corrected chi connectivity index (χ2v) is 14.9. The number of primary amides is 1. The molecule has 1 saturated heterocycles. The number of piperidine rings is 1. The summed E-state index contributed by atoms with van der Waals surface area (Å²) in [4.78, 5) is 41.1. The number of aliphatic hydroxyl groups excluding tert-OH is 1. The van der Waals surface area contributed by atoms with Crippen LogP contribution in [0.3, 0.4) is 0 Å². The van der Waals surface area contributed by atoms with Gasteiger partial charge in [0.15, 0.2) is 5.60 Å². The van der Waals surface area contributed by atoms with E-state index in [1.54, 1.807) is 18.2 Å². The maximum atomic E-state index is 11.8. The highest BCUT2D eigenvalue weighted by Crippen LogP contribution is 2.36. The highest BCUT2D eigenvalue weighted by molar-refractivity contribution is 6.32. The summed E-state index contributed by atoms with van der Waals surface area (Å²) in [6.45, 7) is 7.16. The molecule has 4 aromatic rings. The summed E-state index contributed by atoms with van der Waals surface area (Å²) in [7, 11) is 0. The Hall–Kier alpha value is -5.25. The molecule has 14 nitrogen and oxygen atoms in total. The van der Waals surface area contributed by atoms with E-state index in [-0.39, 0.29) is 43.2 Å². The first-order valence-electron chi connectivity index (χ1n) is 18.5. The van der Waals surface area contributed by atoms with E-state index in [4.69, 9.17) is 31.5 Å². The van der Waals surface area contributed by atoms with Crippen LogP contribution in [0.15, 0.2) is 67.0 Å². The van der Waals surface area contributed by atoms with Gasteiger partial charge in [-0.25, -0.2) is 4.79 Å². The minimum atomic E-state index is -1.64. The average molecular weight is 805 g/mol. The van der Waals surface area contributed by atoms with Gasteiger partial charge in [0.1, 0.15) is 36.0 Å². The molecule has 7 N–H and O–H groups in total. The zero-order valence-electron chi connectivity index (χ0n) is 32.2. The molecule has 57 heavy (non-hydrogen) atoms. The molecule has 1 aromatic heterocycles. The lowest BCUT2D eigenvalue weighted by Gasteiger charge is -2.35. The third-order valence-corrected chi connectivity index (χ3v) is 10.7. The Bertz CT molecular complexity index is 2090. The zero-order chi connectivity index (χ0) is 41.3. The number of carboxylic acid groups (broad SMARTS) is 2. The number of nitrogens with zero attached hydrogens (tertiary/aromatic N) is 2. The van der Waals surface area contributed by atoms with Crippen molar-refractivity contribution in [3.8, 4) is 28.4 Å². The lowest BCUT2D eigenvalue weighted by molar-refractivity contribution is -0.163. The fraction of sp³-hybridized carbons (Fsp3) is 0.381. The Labute approximate surface area is 336 Å². The average Bonchev–Trinajstić information content (AvgIpc) is 3.19. The molecule has 15 heteroatoms. The number of aliphatic carboxylic acids is 2. The molecule has 0 bridgehead atoms. The molecule has 0 aliphatic carbocycles. The molecular weight excluding hydrogens is 756 g/mol. The number of halogens is 1. The molecule has 1 unspecified atom stereocenters. The third kappa shape index (κ3) is 10.6. The van der Waals surface area contributed by atoms with Crippen molar-refractivity contribution in [1.82, 2.24) is 15.2 Å². The Balaban J connectivity index is 1.28. The minimum absolute atomic E-state index is 0.0000839. The Morgan fingerprint density at radius 3 is 2.26 bits per heavy atom. The van der Waals surface area contributed by atoms with Crippen molar-refractivity contribution in [2.45, 2.75) is 70.9 Å². The van der Waals surface area contributed by atoms with E-state index in [1.807, 2.05) is 50.2 Å². The van der Waals surface area contributed by atoms with Gasteiger partial charge in [0.2, 0.25) is 5.91 Å². The Kier molecular flexibility index (Phi) is 14.1. The van der Waals surface area contributed by atoms with E-state index < -0.39 is 35.6 Å². The van der Waals surface area contributed by atoms with Crippen molar-refractivity contribution in [2.24, 2.45) is 5.73 Å². The van der Waals surface area contributed by atoms with E-state index >= 15 is 0 Å². The van der Waals surface area contributed by atoms with Gasteiger partial charge >= 0.3 is 11.9 Å². The van der Waals surface area contributed by atoms with Crippen LogP contribution >= 0.6 is 11.6 Å². The number of carboxylic acids is 2. The lowest BCUT2D eigenvalue weighted by atomic mass is 9.91. The van der Waals surface area contributed by atoms with Gasteiger partial charge in [-0.05, 0) is 86.1 Å². The molecule has 304 valence electrons. The highest BCUT2D eigenvalue weighted by atomic mass is 35.5. The van der Waals surface area contributed by atoms with Crippen molar-refractivity contribution in [3.63, 3.8) is 0 Å². The summed E-state index contributed by atoms with van der Waals surface area (Å²) in [5, 5.41) is 42.0. The summed E-state index contributed by atoms with van der Waals surface area (Å²) in [6.07, 6.45) is 4.05. The number of ether oxygens (including phenoxy) is 3. The van der Waals surface area contributed by atoms with Crippen LogP contribution in [-0.4, -0.2) is 92.1 Å². The van der Waals surface area contributed by atoms with E-state index in [1.165, 1.54) is 19.3 Å². The number of hydrogen-bond donors (Lipinski definition) is 6. The lowest BCUT2D eigenvalue weighted by Crippen LogP contribution is -2.52. The summed E-state index contributed by atoms with van der Waals surface area (Å²) < 4.78 is 18.6. The fourth-order valence-corrected chi connectivity index (χ4v) is 6.73. The maximum Gasteiger partial charge on any atom is 0.335 e. The minimum Gasteiger partial charge on any atom is -0.493 e. The van der Waals surface area contributed by atoms with Crippen LogP contribution in [-0.2, 0) is 29.3 Å². The normalized spacial score (nSPS) is 15.1. The first kappa shape index (κ1) is 42.9. The summed E-state index contributed by atoms with van der Waals surface area (Å²) in [5.74, 6) is -1.61. The second kappa shape index (κ2) is 18.8.